The van der Waals surface area contributed by atoms with E-state index in [0.29, 0.717) is 29.8 Å². The predicted octanol–water partition coefficient (Wildman–Crippen LogP) is 7.92. The first kappa shape index (κ1) is 25.0. The van der Waals surface area contributed by atoms with E-state index in [9.17, 15) is 27.5 Å². The van der Waals surface area contributed by atoms with Crippen molar-refractivity contribution >= 4 is 17.3 Å². The first-order chi connectivity index (χ1) is 16.0. The van der Waals surface area contributed by atoms with Crippen molar-refractivity contribution in [3.63, 3.8) is 0 Å². The summed E-state index contributed by atoms with van der Waals surface area (Å²) in [7, 11) is 0. The smallest absolute Gasteiger partial charge is 0.416 e. The van der Waals surface area contributed by atoms with Crippen molar-refractivity contribution in [3.05, 3.63) is 106 Å². The van der Waals surface area contributed by atoms with Crippen LogP contribution in [0.1, 0.15) is 47.3 Å². The summed E-state index contributed by atoms with van der Waals surface area (Å²) in [6, 6.07) is 15.8. The third-order valence-electron chi connectivity index (χ3n) is 5.69. The number of carbonyl (C=O) groups is 1. The lowest BCUT2D eigenvalue weighted by Gasteiger charge is -2.32. The molecule has 0 amide bonds. The predicted molar refractivity (Wildman–Crippen MR) is 125 cm³/mol. The van der Waals surface area contributed by atoms with Crippen LogP contribution in [0.2, 0.25) is 0 Å². The molecule has 34 heavy (non-hydrogen) atoms. The summed E-state index contributed by atoms with van der Waals surface area (Å²) in [5.74, 6) is -1.48. The van der Waals surface area contributed by atoms with E-state index in [1.54, 1.807) is 36.1 Å². The van der Waals surface area contributed by atoms with Gasteiger partial charge in [-0.05, 0) is 79.9 Å². The van der Waals surface area contributed by atoms with Crippen molar-refractivity contribution in [1.29, 1.82) is 0 Å². The van der Waals surface area contributed by atoms with Gasteiger partial charge in [0.2, 0.25) is 0 Å². The molecule has 3 aromatic carbocycles. The van der Waals surface area contributed by atoms with Crippen molar-refractivity contribution in [3.8, 4) is 0 Å². The highest BCUT2D eigenvalue weighted by Gasteiger charge is 2.31. The number of halogens is 4. The number of aromatic carboxylic acids is 1. The van der Waals surface area contributed by atoms with Crippen molar-refractivity contribution in [2.45, 2.75) is 39.8 Å². The van der Waals surface area contributed by atoms with Crippen LogP contribution in [0.25, 0.3) is 0 Å². The number of carboxylic acids is 1. The zero-order valence-corrected chi connectivity index (χ0v) is 19.1. The Labute approximate surface area is 196 Å². The molecule has 3 aromatic rings. The van der Waals surface area contributed by atoms with Crippen LogP contribution in [0.4, 0.5) is 28.9 Å². The monoisotopic (exact) mass is 471 g/mol. The second-order valence-electron chi connectivity index (χ2n) is 8.07. The van der Waals surface area contributed by atoms with Crippen LogP contribution >= 0.6 is 0 Å². The molecule has 0 aliphatic heterocycles. The second kappa shape index (κ2) is 10.1. The molecule has 0 bridgehead atoms. The van der Waals surface area contributed by atoms with Crippen LogP contribution < -0.4 is 4.90 Å². The SMILES string of the molecule is CC/C(C)=C(\Cc1ccc(F)cc1)N(c1cccc(C(=O)O)c1)c1ccc(C(F)(F)F)cc1C. The highest BCUT2D eigenvalue weighted by Crippen LogP contribution is 2.39. The highest BCUT2D eigenvalue weighted by atomic mass is 19.4. The third kappa shape index (κ3) is 5.65. The maximum Gasteiger partial charge on any atom is 0.416 e. The fourth-order valence-corrected chi connectivity index (χ4v) is 3.72. The zero-order chi connectivity index (χ0) is 25.0. The van der Waals surface area contributed by atoms with Gasteiger partial charge in [0, 0.05) is 23.5 Å². The van der Waals surface area contributed by atoms with Crippen molar-refractivity contribution in [2.75, 3.05) is 4.90 Å². The zero-order valence-electron chi connectivity index (χ0n) is 19.1. The average Bonchev–Trinajstić information content (AvgIpc) is 2.79. The molecule has 0 aliphatic carbocycles. The largest absolute Gasteiger partial charge is 0.478 e. The lowest BCUT2D eigenvalue weighted by atomic mass is 10.00. The van der Waals surface area contributed by atoms with Gasteiger partial charge in [0.1, 0.15) is 5.82 Å². The number of benzene rings is 3. The molecule has 0 heterocycles. The number of allylic oxidation sites excluding steroid dienone is 2. The third-order valence-corrected chi connectivity index (χ3v) is 5.69. The Morgan fingerprint density at radius 3 is 2.24 bits per heavy atom. The highest BCUT2D eigenvalue weighted by molar-refractivity contribution is 5.89. The van der Waals surface area contributed by atoms with Gasteiger partial charge in [-0.15, -0.1) is 0 Å². The number of aryl methyl sites for hydroxylation is 1. The minimum atomic E-state index is -4.48. The second-order valence-corrected chi connectivity index (χ2v) is 8.07. The van der Waals surface area contributed by atoms with E-state index < -0.39 is 17.7 Å². The lowest BCUT2D eigenvalue weighted by molar-refractivity contribution is -0.137. The minimum absolute atomic E-state index is 0.0577. The Bertz CT molecular complexity index is 1210. The maximum atomic E-state index is 13.5. The van der Waals surface area contributed by atoms with Crippen LogP contribution in [0.15, 0.2) is 78.0 Å². The van der Waals surface area contributed by atoms with Gasteiger partial charge in [-0.1, -0.05) is 30.7 Å². The van der Waals surface area contributed by atoms with Crippen LogP contribution in [-0.2, 0) is 12.6 Å². The summed E-state index contributed by atoms with van der Waals surface area (Å²) < 4.78 is 53.4. The summed E-state index contributed by atoms with van der Waals surface area (Å²) in [5, 5.41) is 9.51. The molecule has 1 N–H and O–H groups in total. The molecular formula is C27H25F4NO2. The molecule has 0 unspecified atom stereocenters. The van der Waals surface area contributed by atoms with Crippen LogP contribution in [0.3, 0.4) is 0 Å². The van der Waals surface area contributed by atoms with Gasteiger partial charge in [-0.25, -0.2) is 9.18 Å². The van der Waals surface area contributed by atoms with Crippen LogP contribution in [-0.4, -0.2) is 11.1 Å². The van der Waals surface area contributed by atoms with E-state index >= 15 is 0 Å². The fraction of sp³-hybridized carbons (Fsp3) is 0.222. The van der Waals surface area contributed by atoms with Gasteiger partial charge in [0.15, 0.2) is 0 Å². The van der Waals surface area contributed by atoms with Gasteiger partial charge < -0.3 is 10.0 Å². The molecule has 178 valence electrons. The quantitative estimate of drug-likeness (QED) is 0.356. The summed E-state index contributed by atoms with van der Waals surface area (Å²) in [4.78, 5) is 13.4. The molecule has 3 rings (SSSR count). The van der Waals surface area contributed by atoms with Crippen LogP contribution in [0, 0.1) is 12.7 Å². The molecule has 0 saturated heterocycles. The molecule has 3 nitrogen and oxygen atoms in total. The topological polar surface area (TPSA) is 40.5 Å². The number of hydrogen-bond donors (Lipinski definition) is 1. The molecule has 0 spiro atoms. The first-order valence-corrected chi connectivity index (χ1v) is 10.8. The standard InChI is InChI=1S/C27H25F4NO2/c1-4-17(2)25(15-19-8-11-22(28)12-9-19)32(23-7-5-6-20(16-23)26(33)34)24-13-10-21(14-18(24)3)27(29,30)31/h5-14,16H,4,15H2,1-3H3,(H,33,34)/b25-17+. The first-order valence-electron chi connectivity index (χ1n) is 10.8. The number of anilines is 2. The fourth-order valence-electron chi connectivity index (χ4n) is 3.72. The number of nitrogens with zero attached hydrogens (tertiary/aromatic N) is 1. The Hall–Kier alpha value is -3.61. The van der Waals surface area contributed by atoms with E-state index in [-0.39, 0.29) is 11.4 Å². The average molecular weight is 471 g/mol. The number of hydrogen-bond acceptors (Lipinski definition) is 2. The van der Waals surface area contributed by atoms with Crippen molar-refractivity contribution in [2.24, 2.45) is 0 Å². The summed E-state index contributed by atoms with van der Waals surface area (Å²) in [5.41, 5.74) is 3.24. The van der Waals surface area contributed by atoms with Gasteiger partial charge in [0.05, 0.1) is 11.1 Å². The van der Waals surface area contributed by atoms with E-state index in [1.807, 2.05) is 13.8 Å². The lowest BCUT2D eigenvalue weighted by Crippen LogP contribution is -2.21. The molecule has 0 aliphatic rings. The van der Waals surface area contributed by atoms with E-state index in [2.05, 4.69) is 0 Å². The Balaban J connectivity index is 2.24. The van der Waals surface area contributed by atoms with Gasteiger partial charge >= 0.3 is 12.1 Å². The molecule has 0 aromatic heterocycles. The summed E-state index contributed by atoms with van der Waals surface area (Å²) in [6.07, 6.45) is -3.45. The molecular weight excluding hydrogens is 446 g/mol. The Morgan fingerprint density at radius 2 is 1.68 bits per heavy atom. The molecule has 0 atom stereocenters. The molecule has 0 fully saturated rings. The Morgan fingerprint density at radius 1 is 1.00 bits per heavy atom. The van der Waals surface area contributed by atoms with E-state index in [1.165, 1.54) is 30.3 Å². The summed E-state index contributed by atoms with van der Waals surface area (Å²) >= 11 is 0. The van der Waals surface area contributed by atoms with Gasteiger partial charge in [-0.2, -0.15) is 13.2 Å². The molecule has 7 heteroatoms. The van der Waals surface area contributed by atoms with Crippen molar-refractivity contribution in [1.82, 2.24) is 0 Å². The summed E-state index contributed by atoms with van der Waals surface area (Å²) in [6.45, 7) is 5.48. The van der Waals surface area contributed by atoms with Crippen LogP contribution in [0.5, 0.6) is 0 Å². The minimum Gasteiger partial charge on any atom is -0.478 e. The van der Waals surface area contributed by atoms with Crippen molar-refractivity contribution < 1.29 is 27.5 Å². The normalized spacial score (nSPS) is 12.3. The number of alkyl halides is 3. The molecule has 0 radical (unpaired) electrons. The number of carboxylic acid groups (broad SMARTS) is 1. The van der Waals surface area contributed by atoms with Gasteiger partial charge in [0.25, 0.3) is 0 Å². The van der Waals surface area contributed by atoms with Gasteiger partial charge in [-0.3, -0.25) is 0 Å². The Kier molecular flexibility index (Phi) is 7.44. The number of rotatable bonds is 7. The maximum absolute atomic E-state index is 13.5. The van der Waals surface area contributed by atoms with E-state index in [4.69, 9.17) is 0 Å². The van der Waals surface area contributed by atoms with E-state index in [0.717, 1.165) is 29.0 Å². The molecule has 0 saturated carbocycles.